The van der Waals surface area contributed by atoms with Gasteiger partial charge >= 0.3 is 6.09 Å². The topological polar surface area (TPSA) is 79.0 Å². The van der Waals surface area contributed by atoms with Crippen molar-refractivity contribution < 1.29 is 19.1 Å². The predicted molar refractivity (Wildman–Crippen MR) is 136 cm³/mol. The van der Waals surface area contributed by atoms with E-state index in [-0.39, 0.29) is 30.2 Å². The third kappa shape index (κ3) is 6.36. The van der Waals surface area contributed by atoms with Crippen LogP contribution in [0.15, 0.2) is 24.3 Å². The molecule has 1 aromatic carbocycles. The van der Waals surface area contributed by atoms with Crippen molar-refractivity contribution in [2.45, 2.75) is 77.2 Å². The van der Waals surface area contributed by atoms with Crippen LogP contribution in [-0.4, -0.2) is 60.0 Å². The summed E-state index contributed by atoms with van der Waals surface area (Å²) in [4.78, 5) is 42.3. The smallest absolute Gasteiger partial charge is 0.410 e. The zero-order valence-corrected chi connectivity index (χ0v) is 21.7. The van der Waals surface area contributed by atoms with Gasteiger partial charge in [-0.2, -0.15) is 0 Å². The monoisotopic (exact) mass is 483 g/mol. The van der Waals surface area contributed by atoms with E-state index in [1.807, 2.05) is 57.0 Å². The molecule has 0 aromatic heterocycles. The van der Waals surface area contributed by atoms with Gasteiger partial charge in [0.25, 0.3) is 0 Å². The Labute approximate surface area is 209 Å². The van der Waals surface area contributed by atoms with Gasteiger partial charge in [-0.25, -0.2) is 4.79 Å². The summed E-state index contributed by atoms with van der Waals surface area (Å²) >= 11 is 0. The third-order valence-electron chi connectivity index (χ3n) is 7.77. The number of likely N-dealkylation sites (tertiary alicyclic amines) is 1. The minimum Gasteiger partial charge on any atom is -0.444 e. The number of benzene rings is 1. The Morgan fingerprint density at radius 2 is 1.77 bits per heavy atom. The molecule has 2 heterocycles. The van der Waals surface area contributed by atoms with Gasteiger partial charge in [-0.05, 0) is 56.6 Å². The highest BCUT2D eigenvalue weighted by Crippen LogP contribution is 2.37. The van der Waals surface area contributed by atoms with E-state index < -0.39 is 11.5 Å². The van der Waals surface area contributed by atoms with Crippen LogP contribution < -0.4 is 5.32 Å². The zero-order chi connectivity index (χ0) is 25.2. The molecular formula is C28H41N3O4. The van der Waals surface area contributed by atoms with Crippen LogP contribution in [0.2, 0.25) is 0 Å². The number of para-hydroxylation sites is 1. The Morgan fingerprint density at radius 1 is 1.09 bits per heavy atom. The van der Waals surface area contributed by atoms with Gasteiger partial charge in [0, 0.05) is 38.8 Å². The van der Waals surface area contributed by atoms with Crippen molar-refractivity contribution in [2.75, 3.05) is 32.0 Å². The molecule has 3 amide bonds. The number of ether oxygens (including phenoxy) is 1. The molecule has 3 aliphatic rings. The van der Waals surface area contributed by atoms with E-state index in [0.29, 0.717) is 31.5 Å². The molecule has 7 heteroatoms. The van der Waals surface area contributed by atoms with E-state index in [2.05, 4.69) is 5.32 Å². The summed E-state index contributed by atoms with van der Waals surface area (Å²) in [7, 11) is 1.84. The molecule has 192 valence electrons. The Bertz CT molecular complexity index is 934. The molecule has 4 rings (SSSR count). The number of nitrogens with zero attached hydrogens (tertiary/aromatic N) is 2. The number of amides is 3. The van der Waals surface area contributed by atoms with E-state index >= 15 is 0 Å². The maximum atomic E-state index is 13.5. The molecule has 2 aliphatic heterocycles. The Hall–Kier alpha value is -2.57. The van der Waals surface area contributed by atoms with Crippen LogP contribution in [0.25, 0.3) is 0 Å². The summed E-state index contributed by atoms with van der Waals surface area (Å²) in [5.74, 6) is 0.630. The standard InChI is InChI=1S/C28H41N3O4/c1-28(2,3)35-27(34)31-17-20(14-19-10-6-5-7-11-19)21(18-31)16-30(4)26(33)23-15-25(32)29-24-13-9-8-12-22(23)24/h8-9,12-13,19-21,23H,5-7,10-11,14-18H2,1-4H3,(H,29,32)/t20-,21-,23?/m1/s1. The number of hydrogen-bond acceptors (Lipinski definition) is 4. The summed E-state index contributed by atoms with van der Waals surface area (Å²) in [6, 6.07) is 7.56. The number of hydrogen-bond donors (Lipinski definition) is 1. The summed E-state index contributed by atoms with van der Waals surface area (Å²) in [6.45, 7) is 7.54. The van der Waals surface area contributed by atoms with Gasteiger partial charge in [0.05, 0.1) is 5.92 Å². The molecule has 3 atom stereocenters. The van der Waals surface area contributed by atoms with E-state index in [9.17, 15) is 14.4 Å². The quantitative estimate of drug-likeness (QED) is 0.638. The van der Waals surface area contributed by atoms with Gasteiger partial charge in [-0.3, -0.25) is 9.59 Å². The average Bonchev–Trinajstić information content (AvgIpc) is 3.19. The average molecular weight is 484 g/mol. The maximum Gasteiger partial charge on any atom is 0.410 e. The van der Waals surface area contributed by atoms with Gasteiger partial charge in [0.1, 0.15) is 5.60 Å². The summed E-state index contributed by atoms with van der Waals surface area (Å²) in [6.07, 6.45) is 7.43. The lowest BCUT2D eigenvalue weighted by Crippen LogP contribution is -2.40. The highest BCUT2D eigenvalue weighted by Gasteiger charge is 2.40. The molecule has 7 nitrogen and oxygen atoms in total. The first kappa shape index (κ1) is 25.5. The molecule has 1 saturated carbocycles. The second-order valence-corrected chi connectivity index (χ2v) is 11.8. The van der Waals surface area contributed by atoms with Crippen molar-refractivity contribution in [2.24, 2.45) is 17.8 Å². The molecule has 35 heavy (non-hydrogen) atoms. The van der Waals surface area contributed by atoms with Gasteiger partial charge in [0.2, 0.25) is 11.8 Å². The van der Waals surface area contributed by atoms with Crippen molar-refractivity contribution >= 4 is 23.6 Å². The van der Waals surface area contributed by atoms with Gasteiger partial charge in [0.15, 0.2) is 0 Å². The molecular weight excluding hydrogens is 442 g/mol. The third-order valence-corrected chi connectivity index (χ3v) is 7.77. The second kappa shape index (κ2) is 10.6. The Balaban J connectivity index is 1.46. The summed E-state index contributed by atoms with van der Waals surface area (Å²) in [5.41, 5.74) is 1.07. The second-order valence-electron chi connectivity index (χ2n) is 11.8. The van der Waals surface area contributed by atoms with Crippen LogP contribution in [0.5, 0.6) is 0 Å². The van der Waals surface area contributed by atoms with Gasteiger partial charge in [-0.15, -0.1) is 0 Å². The Kier molecular flexibility index (Phi) is 7.72. The normalized spacial score (nSPS) is 25.1. The number of rotatable bonds is 5. The summed E-state index contributed by atoms with van der Waals surface area (Å²) < 4.78 is 5.67. The molecule has 0 bridgehead atoms. The number of anilines is 1. The molecule has 1 unspecified atom stereocenters. The van der Waals surface area contributed by atoms with Crippen LogP contribution in [0, 0.1) is 17.8 Å². The van der Waals surface area contributed by atoms with Gasteiger partial charge in [-0.1, -0.05) is 50.3 Å². The maximum absolute atomic E-state index is 13.5. The van der Waals surface area contributed by atoms with Crippen LogP contribution in [0.3, 0.4) is 0 Å². The molecule has 1 saturated heterocycles. The first-order valence-electron chi connectivity index (χ1n) is 13.2. The number of carbonyl (C=O) groups is 3. The van der Waals surface area contributed by atoms with Crippen LogP contribution in [-0.2, 0) is 14.3 Å². The first-order valence-corrected chi connectivity index (χ1v) is 13.2. The predicted octanol–water partition coefficient (Wildman–Crippen LogP) is 5.02. The highest BCUT2D eigenvalue weighted by atomic mass is 16.6. The fourth-order valence-corrected chi connectivity index (χ4v) is 6.08. The van der Waals surface area contributed by atoms with Crippen molar-refractivity contribution in [1.82, 2.24) is 9.80 Å². The van der Waals surface area contributed by atoms with Crippen molar-refractivity contribution in [1.29, 1.82) is 0 Å². The molecule has 1 aliphatic carbocycles. The van der Waals surface area contributed by atoms with Crippen LogP contribution in [0.1, 0.15) is 77.2 Å². The SMILES string of the molecule is CN(C[C@@H]1CN(C(=O)OC(C)(C)C)C[C@H]1CC1CCCCC1)C(=O)C1CC(=O)Nc2ccccc21. The first-order chi connectivity index (χ1) is 16.6. The van der Waals surface area contributed by atoms with Crippen LogP contribution in [0.4, 0.5) is 10.5 Å². The van der Waals surface area contributed by atoms with E-state index in [0.717, 1.165) is 17.7 Å². The van der Waals surface area contributed by atoms with E-state index in [4.69, 9.17) is 4.74 Å². The van der Waals surface area contributed by atoms with E-state index in [1.165, 1.54) is 32.1 Å². The number of likely N-dealkylation sites (N-methyl/N-ethyl adjacent to an activating group) is 1. The fraction of sp³-hybridized carbons (Fsp3) is 0.679. The molecule has 0 radical (unpaired) electrons. The lowest BCUT2D eigenvalue weighted by molar-refractivity contribution is -0.134. The van der Waals surface area contributed by atoms with E-state index in [1.54, 1.807) is 4.90 Å². The number of carbonyl (C=O) groups excluding carboxylic acids is 3. The molecule has 2 fully saturated rings. The van der Waals surface area contributed by atoms with Crippen molar-refractivity contribution in [3.63, 3.8) is 0 Å². The zero-order valence-electron chi connectivity index (χ0n) is 21.7. The number of fused-ring (bicyclic) bond motifs is 1. The van der Waals surface area contributed by atoms with Crippen molar-refractivity contribution in [3.05, 3.63) is 29.8 Å². The lowest BCUT2D eigenvalue weighted by atomic mass is 9.79. The minimum absolute atomic E-state index is 0.0283. The van der Waals surface area contributed by atoms with Gasteiger partial charge < -0.3 is 19.9 Å². The Morgan fingerprint density at radius 3 is 2.49 bits per heavy atom. The molecule has 0 spiro atoms. The summed E-state index contributed by atoms with van der Waals surface area (Å²) in [5, 5.41) is 2.88. The largest absolute Gasteiger partial charge is 0.444 e. The molecule has 1 aromatic rings. The molecule has 1 N–H and O–H groups in total. The highest BCUT2D eigenvalue weighted by molar-refractivity contribution is 6.01. The van der Waals surface area contributed by atoms with Crippen molar-refractivity contribution in [3.8, 4) is 0 Å². The fourth-order valence-electron chi connectivity index (χ4n) is 6.08. The number of nitrogens with one attached hydrogen (secondary N) is 1. The lowest BCUT2D eigenvalue weighted by Gasteiger charge is -2.32. The van der Waals surface area contributed by atoms with Crippen LogP contribution >= 0.6 is 0 Å². The minimum atomic E-state index is -0.532.